The van der Waals surface area contributed by atoms with E-state index in [0.717, 1.165) is 28.5 Å². The van der Waals surface area contributed by atoms with Crippen LogP contribution < -0.4 is 4.74 Å². The van der Waals surface area contributed by atoms with Gasteiger partial charge in [0.25, 0.3) is 0 Å². The summed E-state index contributed by atoms with van der Waals surface area (Å²) in [5.74, 6) is 2.35. The van der Waals surface area contributed by atoms with Crippen LogP contribution in [0.2, 0.25) is 0 Å². The Bertz CT molecular complexity index is 844. The van der Waals surface area contributed by atoms with E-state index in [-0.39, 0.29) is 12.4 Å². The number of Topliss-reactive ketones (excluding diaryl/α,β-unsaturated/α-hetero) is 1. The van der Waals surface area contributed by atoms with Crippen LogP contribution in [0.4, 0.5) is 0 Å². The van der Waals surface area contributed by atoms with Crippen LogP contribution in [-0.2, 0) is 6.42 Å². The largest absolute Gasteiger partial charge is 0.485 e. The normalized spacial score (nSPS) is 22.9. The minimum atomic E-state index is 0.129. The molecule has 0 amide bonds. The number of thiophene rings is 1. The summed E-state index contributed by atoms with van der Waals surface area (Å²) >= 11 is 1.67. The van der Waals surface area contributed by atoms with E-state index in [2.05, 4.69) is 33.8 Å². The van der Waals surface area contributed by atoms with Crippen molar-refractivity contribution in [3.63, 3.8) is 0 Å². The maximum absolute atomic E-state index is 12.8. The van der Waals surface area contributed by atoms with Crippen LogP contribution in [0.3, 0.4) is 0 Å². The SMILES string of the molecule is Cc1cccc(OCC(=O)c2sc(C)c3c2C[C@@H]2[C@H]3C2(C)C)c1C. The number of rotatable bonds is 4. The summed E-state index contributed by atoms with van der Waals surface area (Å²) in [4.78, 5) is 15.0. The highest BCUT2D eigenvalue weighted by atomic mass is 32.1. The van der Waals surface area contributed by atoms with Crippen LogP contribution >= 0.6 is 11.3 Å². The van der Waals surface area contributed by atoms with Crippen LogP contribution in [0.1, 0.15) is 56.6 Å². The molecule has 0 aliphatic heterocycles. The Morgan fingerprint density at radius 3 is 2.79 bits per heavy atom. The zero-order chi connectivity index (χ0) is 17.2. The van der Waals surface area contributed by atoms with Gasteiger partial charge in [-0.1, -0.05) is 26.0 Å². The molecule has 24 heavy (non-hydrogen) atoms. The van der Waals surface area contributed by atoms with E-state index in [1.54, 1.807) is 11.3 Å². The van der Waals surface area contributed by atoms with Crippen LogP contribution in [0.15, 0.2) is 18.2 Å². The average molecular weight is 340 g/mol. The first-order valence-corrected chi connectivity index (χ1v) is 9.48. The summed E-state index contributed by atoms with van der Waals surface area (Å²) in [6.45, 7) is 11.1. The molecule has 4 rings (SSSR count). The first-order valence-electron chi connectivity index (χ1n) is 8.66. The van der Waals surface area contributed by atoms with E-state index < -0.39 is 0 Å². The highest BCUT2D eigenvalue weighted by Crippen LogP contribution is 2.71. The van der Waals surface area contributed by atoms with Crippen molar-refractivity contribution in [1.29, 1.82) is 0 Å². The van der Waals surface area contributed by atoms with Crippen molar-refractivity contribution in [2.24, 2.45) is 11.3 Å². The summed E-state index contributed by atoms with van der Waals surface area (Å²) in [5.41, 5.74) is 5.52. The molecule has 126 valence electrons. The van der Waals surface area contributed by atoms with Crippen LogP contribution in [-0.4, -0.2) is 12.4 Å². The van der Waals surface area contributed by atoms with E-state index in [1.807, 2.05) is 19.1 Å². The van der Waals surface area contributed by atoms with Gasteiger partial charge in [0.2, 0.25) is 5.78 Å². The van der Waals surface area contributed by atoms with Gasteiger partial charge in [0.1, 0.15) is 5.75 Å². The Hall–Kier alpha value is -1.61. The number of carbonyl (C=O) groups excluding carboxylic acids is 1. The summed E-state index contributed by atoms with van der Waals surface area (Å²) in [6.07, 6.45) is 1.07. The maximum Gasteiger partial charge on any atom is 0.210 e. The van der Waals surface area contributed by atoms with Crippen molar-refractivity contribution < 1.29 is 9.53 Å². The first-order chi connectivity index (χ1) is 11.3. The Morgan fingerprint density at radius 1 is 1.29 bits per heavy atom. The van der Waals surface area contributed by atoms with Crippen molar-refractivity contribution >= 4 is 17.1 Å². The second-order valence-corrected chi connectivity index (χ2v) is 9.12. The number of hydrogen-bond donors (Lipinski definition) is 0. The lowest BCUT2D eigenvalue weighted by molar-refractivity contribution is 0.0924. The average Bonchev–Trinajstić information content (AvgIpc) is 2.88. The third kappa shape index (κ3) is 2.17. The highest BCUT2D eigenvalue weighted by Gasteiger charge is 2.63. The third-order valence-electron chi connectivity index (χ3n) is 6.19. The summed E-state index contributed by atoms with van der Waals surface area (Å²) in [5, 5.41) is 0. The van der Waals surface area contributed by atoms with E-state index in [1.165, 1.54) is 21.6 Å². The van der Waals surface area contributed by atoms with Crippen molar-refractivity contribution in [3.8, 4) is 5.75 Å². The lowest BCUT2D eigenvalue weighted by Crippen LogP contribution is -2.13. The lowest BCUT2D eigenvalue weighted by atomic mass is 9.95. The minimum Gasteiger partial charge on any atom is -0.485 e. The highest BCUT2D eigenvalue weighted by molar-refractivity contribution is 7.14. The molecule has 2 aliphatic carbocycles. The quantitative estimate of drug-likeness (QED) is 0.712. The molecule has 0 radical (unpaired) electrons. The molecule has 2 atom stereocenters. The monoisotopic (exact) mass is 340 g/mol. The molecule has 1 aromatic carbocycles. The molecule has 2 nitrogen and oxygen atoms in total. The minimum absolute atomic E-state index is 0.129. The molecule has 2 aromatic rings. The zero-order valence-corrected chi connectivity index (χ0v) is 15.8. The zero-order valence-electron chi connectivity index (χ0n) is 15.0. The molecule has 0 saturated heterocycles. The van der Waals surface area contributed by atoms with Crippen molar-refractivity contribution in [3.05, 3.63) is 50.2 Å². The fraction of sp³-hybridized carbons (Fsp3) is 0.476. The summed E-state index contributed by atoms with van der Waals surface area (Å²) in [7, 11) is 0. The van der Waals surface area contributed by atoms with Crippen molar-refractivity contribution in [1.82, 2.24) is 0 Å². The summed E-state index contributed by atoms with van der Waals surface area (Å²) in [6, 6.07) is 5.98. The Labute approximate surface area is 147 Å². The second-order valence-electron chi connectivity index (χ2n) is 7.90. The number of benzene rings is 1. The van der Waals surface area contributed by atoms with Gasteiger partial charge in [0, 0.05) is 4.88 Å². The number of aryl methyl sites for hydroxylation is 2. The number of carbonyl (C=O) groups is 1. The molecule has 3 heteroatoms. The Balaban J connectivity index is 1.54. The molecule has 0 bridgehead atoms. The van der Waals surface area contributed by atoms with Crippen LogP contribution in [0.25, 0.3) is 0 Å². The molecular weight excluding hydrogens is 316 g/mol. The van der Waals surface area contributed by atoms with Gasteiger partial charge >= 0.3 is 0 Å². The maximum atomic E-state index is 12.8. The van der Waals surface area contributed by atoms with Crippen molar-refractivity contribution in [2.75, 3.05) is 6.61 Å². The molecule has 1 aromatic heterocycles. The molecule has 0 N–H and O–H groups in total. The van der Waals surface area contributed by atoms with Gasteiger partial charge in [-0.05, 0) is 72.8 Å². The molecule has 1 fully saturated rings. The number of hydrogen-bond acceptors (Lipinski definition) is 3. The lowest BCUT2D eigenvalue weighted by Gasteiger charge is -2.11. The topological polar surface area (TPSA) is 26.3 Å². The molecule has 1 saturated carbocycles. The second kappa shape index (κ2) is 5.19. The van der Waals surface area contributed by atoms with Gasteiger partial charge in [-0.15, -0.1) is 11.3 Å². The standard InChI is InChI=1S/C21H24O2S/c1-11-7-6-8-17(12(11)2)23-10-16(22)20-14-9-15-19(21(15,4)5)18(14)13(3)24-20/h6-8,15,19H,9-10H2,1-5H3/t15-,19-/m1/s1. The van der Waals surface area contributed by atoms with E-state index in [0.29, 0.717) is 11.3 Å². The van der Waals surface area contributed by atoms with E-state index >= 15 is 0 Å². The predicted molar refractivity (Wildman–Crippen MR) is 98.5 cm³/mol. The molecule has 0 spiro atoms. The first kappa shape index (κ1) is 15.9. The molecule has 1 heterocycles. The number of fused-ring (bicyclic) bond motifs is 3. The van der Waals surface area contributed by atoms with E-state index in [9.17, 15) is 4.79 Å². The van der Waals surface area contributed by atoms with Gasteiger partial charge in [0.05, 0.1) is 4.88 Å². The van der Waals surface area contributed by atoms with Crippen LogP contribution in [0.5, 0.6) is 5.75 Å². The Kier molecular flexibility index (Phi) is 3.44. The number of ketones is 1. The van der Waals surface area contributed by atoms with Gasteiger partial charge in [-0.25, -0.2) is 0 Å². The van der Waals surface area contributed by atoms with Gasteiger partial charge in [0.15, 0.2) is 6.61 Å². The van der Waals surface area contributed by atoms with Crippen LogP contribution in [0, 0.1) is 32.1 Å². The Morgan fingerprint density at radius 2 is 2.04 bits per heavy atom. The predicted octanol–water partition coefficient (Wildman–Crippen LogP) is 5.23. The fourth-order valence-electron chi connectivity index (χ4n) is 4.45. The van der Waals surface area contributed by atoms with Gasteiger partial charge in [-0.2, -0.15) is 0 Å². The van der Waals surface area contributed by atoms with E-state index in [4.69, 9.17) is 4.74 Å². The molecule has 2 aliphatic rings. The molecular formula is C21H24O2S. The molecule has 0 unspecified atom stereocenters. The van der Waals surface area contributed by atoms with Crippen molar-refractivity contribution in [2.45, 2.75) is 47.0 Å². The van der Waals surface area contributed by atoms with Gasteiger partial charge in [-0.3, -0.25) is 4.79 Å². The summed E-state index contributed by atoms with van der Waals surface area (Å²) < 4.78 is 5.84. The third-order valence-corrected chi connectivity index (χ3v) is 7.39. The van der Waals surface area contributed by atoms with Gasteiger partial charge < -0.3 is 4.74 Å². The smallest absolute Gasteiger partial charge is 0.210 e. The fourth-order valence-corrected chi connectivity index (χ4v) is 5.60. The number of ether oxygens (including phenoxy) is 1.